The highest BCUT2D eigenvalue weighted by Crippen LogP contribution is 2.66. The van der Waals surface area contributed by atoms with Crippen LogP contribution in [-0.4, -0.2) is 51.9 Å². The molecule has 0 spiro atoms. The summed E-state index contributed by atoms with van der Waals surface area (Å²) in [6.45, 7) is 9.03. The summed E-state index contributed by atoms with van der Waals surface area (Å²) >= 11 is 0. The van der Waals surface area contributed by atoms with E-state index in [4.69, 9.17) is 0 Å². The number of fused-ring (bicyclic) bond motifs is 5. The molecule has 6 heteroatoms. The molecule has 5 nitrogen and oxygen atoms in total. The Labute approximate surface area is 193 Å². The number of oxime groups is 1. The van der Waals surface area contributed by atoms with Crippen LogP contribution in [0, 0.1) is 40.4 Å². The molecule has 1 aliphatic heterocycles. The summed E-state index contributed by atoms with van der Waals surface area (Å²) in [6, 6.07) is 0.384. The number of halogens is 1. The largest absolute Gasteiger partial charge is 0.411 e. The molecule has 31 heavy (non-hydrogen) atoms. The van der Waals surface area contributed by atoms with E-state index in [1.807, 2.05) is 0 Å². The van der Waals surface area contributed by atoms with E-state index in [-0.39, 0.29) is 35.3 Å². The summed E-state index contributed by atoms with van der Waals surface area (Å²) in [5, 5.41) is 25.8. The SMILES string of the molecule is CCC1C(N2CCCC2)C/C(=N/O)[C@@]2(C)C1C(O)C[C@@H]1[C@H]2CC[C@]2(C)C(=O)CC[C@@H]12.Cl. The third kappa shape index (κ3) is 3.16. The lowest BCUT2D eigenvalue weighted by molar-refractivity contribution is -0.153. The van der Waals surface area contributed by atoms with Gasteiger partial charge in [0.15, 0.2) is 0 Å². The third-order valence-electron chi connectivity index (χ3n) is 10.7. The Morgan fingerprint density at radius 3 is 2.52 bits per heavy atom. The zero-order valence-electron chi connectivity index (χ0n) is 19.4. The van der Waals surface area contributed by atoms with Crippen LogP contribution in [0.5, 0.6) is 0 Å². The molecule has 4 unspecified atom stereocenters. The van der Waals surface area contributed by atoms with E-state index >= 15 is 0 Å². The summed E-state index contributed by atoms with van der Waals surface area (Å²) in [5.41, 5.74) is 0.467. The Morgan fingerprint density at radius 1 is 1.16 bits per heavy atom. The lowest BCUT2D eigenvalue weighted by Gasteiger charge is -2.64. The quantitative estimate of drug-likeness (QED) is 0.476. The molecule has 1 heterocycles. The molecule has 0 amide bonds. The second-order valence-corrected chi connectivity index (χ2v) is 11.5. The van der Waals surface area contributed by atoms with Gasteiger partial charge in [-0.2, -0.15) is 0 Å². The van der Waals surface area contributed by atoms with Crippen molar-refractivity contribution < 1.29 is 15.1 Å². The highest BCUT2D eigenvalue weighted by atomic mass is 35.5. The predicted octanol–water partition coefficient (Wildman–Crippen LogP) is 4.53. The number of nitrogens with zero attached hydrogens (tertiary/aromatic N) is 2. The normalized spacial score (nSPS) is 51.2. The van der Waals surface area contributed by atoms with Crippen LogP contribution in [0.25, 0.3) is 0 Å². The van der Waals surface area contributed by atoms with E-state index in [1.54, 1.807) is 0 Å². The molecule has 0 bridgehead atoms. The first-order valence-corrected chi connectivity index (χ1v) is 12.5. The minimum atomic E-state index is -0.374. The maximum absolute atomic E-state index is 12.7. The van der Waals surface area contributed by atoms with E-state index in [2.05, 4.69) is 30.8 Å². The fraction of sp³-hybridized carbons (Fsp3) is 0.920. The van der Waals surface area contributed by atoms with Gasteiger partial charge in [0.25, 0.3) is 0 Å². The number of hydrogen-bond acceptors (Lipinski definition) is 5. The highest BCUT2D eigenvalue weighted by Gasteiger charge is 2.66. The van der Waals surface area contributed by atoms with Crippen LogP contribution in [0.1, 0.15) is 78.6 Å². The molecule has 4 aliphatic carbocycles. The number of hydrogen-bond donors (Lipinski definition) is 2. The van der Waals surface area contributed by atoms with Gasteiger partial charge < -0.3 is 10.3 Å². The van der Waals surface area contributed by atoms with Crippen molar-refractivity contribution in [3.63, 3.8) is 0 Å². The molecular formula is C25H41ClN2O3. The van der Waals surface area contributed by atoms with Crippen LogP contribution in [0.2, 0.25) is 0 Å². The first-order valence-electron chi connectivity index (χ1n) is 12.5. The number of ketones is 1. The van der Waals surface area contributed by atoms with Gasteiger partial charge >= 0.3 is 0 Å². The number of Topliss-reactive ketones (excluding diaryl/α,β-unsaturated/α-hetero) is 1. The molecule has 2 N–H and O–H groups in total. The van der Waals surface area contributed by atoms with Crippen LogP contribution in [0.15, 0.2) is 5.16 Å². The molecule has 4 saturated carbocycles. The van der Waals surface area contributed by atoms with E-state index in [1.165, 1.54) is 12.8 Å². The third-order valence-corrected chi connectivity index (χ3v) is 10.7. The Hall–Kier alpha value is -0.650. The molecule has 0 aromatic heterocycles. The van der Waals surface area contributed by atoms with Crippen molar-refractivity contribution in [3.8, 4) is 0 Å². The van der Waals surface area contributed by atoms with Gasteiger partial charge in [0.1, 0.15) is 5.78 Å². The van der Waals surface area contributed by atoms with Crippen molar-refractivity contribution in [3.05, 3.63) is 0 Å². The topological polar surface area (TPSA) is 73.1 Å². The lowest BCUT2D eigenvalue weighted by atomic mass is 9.42. The number of rotatable bonds is 2. The molecule has 0 radical (unpaired) electrons. The van der Waals surface area contributed by atoms with Crippen molar-refractivity contribution >= 4 is 23.9 Å². The Bertz CT molecular complexity index is 738. The van der Waals surface area contributed by atoms with Crippen molar-refractivity contribution in [1.29, 1.82) is 0 Å². The average Bonchev–Trinajstić information content (AvgIpc) is 3.35. The fourth-order valence-corrected chi connectivity index (χ4v) is 9.30. The van der Waals surface area contributed by atoms with E-state index < -0.39 is 0 Å². The van der Waals surface area contributed by atoms with Gasteiger partial charge in [0, 0.05) is 35.6 Å². The molecule has 1 saturated heterocycles. The minimum absolute atomic E-state index is 0. The van der Waals surface area contributed by atoms with Crippen molar-refractivity contribution in [2.45, 2.75) is 90.7 Å². The number of aliphatic hydroxyl groups is 1. The molecular weight excluding hydrogens is 412 g/mol. The summed E-state index contributed by atoms with van der Waals surface area (Å²) in [7, 11) is 0. The van der Waals surface area contributed by atoms with Gasteiger partial charge in [-0.1, -0.05) is 32.3 Å². The van der Waals surface area contributed by atoms with Gasteiger partial charge in [-0.05, 0) is 75.3 Å². The van der Waals surface area contributed by atoms with Crippen molar-refractivity contribution in [1.82, 2.24) is 4.90 Å². The number of aliphatic hydroxyl groups excluding tert-OH is 1. The van der Waals surface area contributed by atoms with Crippen molar-refractivity contribution in [2.75, 3.05) is 13.1 Å². The second kappa shape index (κ2) is 8.29. The van der Waals surface area contributed by atoms with E-state index in [0.29, 0.717) is 41.9 Å². The molecule has 0 aromatic rings. The minimum Gasteiger partial charge on any atom is -0.411 e. The van der Waals surface area contributed by atoms with Crippen LogP contribution >= 0.6 is 12.4 Å². The Morgan fingerprint density at radius 2 is 1.87 bits per heavy atom. The summed E-state index contributed by atoms with van der Waals surface area (Å²) < 4.78 is 0. The van der Waals surface area contributed by atoms with Gasteiger partial charge in [-0.15, -0.1) is 12.4 Å². The van der Waals surface area contributed by atoms with Crippen LogP contribution in [0.4, 0.5) is 0 Å². The summed E-state index contributed by atoms with van der Waals surface area (Å²) in [4.78, 5) is 15.3. The predicted molar refractivity (Wildman–Crippen MR) is 124 cm³/mol. The first kappa shape index (κ1) is 23.5. The number of carbonyl (C=O) groups is 1. The number of likely N-dealkylation sites (tertiary alicyclic amines) is 1. The standard InChI is InChI=1S/C25H40N2O3.ClH/c1-4-15-19(27-11-5-6-12-27)14-21(26-30)25(3)18-9-10-24(2)17(7-8-22(24)29)16(18)13-20(28)23(15)25;/h15-20,23,28,30H,4-14H2,1-3H3;1H/b26-21-;/t15?,16-,17-,18+,19?,20?,23?,24-,25-;/m0./s1. The maximum Gasteiger partial charge on any atom is 0.139 e. The molecule has 9 atom stereocenters. The maximum atomic E-state index is 12.7. The summed E-state index contributed by atoms with van der Waals surface area (Å²) in [5.74, 6) is 2.18. The monoisotopic (exact) mass is 452 g/mol. The zero-order chi connectivity index (χ0) is 21.3. The fourth-order valence-electron chi connectivity index (χ4n) is 9.30. The molecule has 5 aliphatic rings. The Kier molecular flexibility index (Phi) is 6.28. The van der Waals surface area contributed by atoms with Gasteiger partial charge in [0.05, 0.1) is 11.8 Å². The molecule has 5 rings (SSSR count). The van der Waals surface area contributed by atoms with Crippen LogP contribution < -0.4 is 0 Å². The van der Waals surface area contributed by atoms with Crippen LogP contribution in [0.3, 0.4) is 0 Å². The lowest BCUT2D eigenvalue weighted by Crippen LogP contribution is -2.66. The molecule has 5 fully saturated rings. The zero-order valence-corrected chi connectivity index (χ0v) is 20.2. The van der Waals surface area contributed by atoms with Gasteiger partial charge in [-0.3, -0.25) is 9.69 Å². The van der Waals surface area contributed by atoms with E-state index in [9.17, 15) is 15.1 Å². The average molecular weight is 453 g/mol. The highest BCUT2D eigenvalue weighted by molar-refractivity contribution is 5.92. The summed E-state index contributed by atoms with van der Waals surface area (Å²) in [6.07, 6.45) is 8.51. The molecule has 0 aromatic carbocycles. The van der Waals surface area contributed by atoms with Gasteiger partial charge in [-0.25, -0.2) is 0 Å². The smallest absolute Gasteiger partial charge is 0.139 e. The van der Waals surface area contributed by atoms with Crippen LogP contribution in [-0.2, 0) is 4.79 Å². The second-order valence-electron chi connectivity index (χ2n) is 11.5. The first-order chi connectivity index (χ1) is 14.4. The number of carbonyl (C=O) groups excluding carboxylic acids is 1. The van der Waals surface area contributed by atoms with Crippen molar-refractivity contribution in [2.24, 2.45) is 45.6 Å². The molecule has 176 valence electrons. The van der Waals surface area contributed by atoms with E-state index in [0.717, 1.165) is 57.3 Å². The van der Waals surface area contributed by atoms with Gasteiger partial charge in [0.2, 0.25) is 0 Å². The Balaban J connectivity index is 0.00000231.